The van der Waals surface area contributed by atoms with Gasteiger partial charge >= 0.3 is 5.97 Å². The van der Waals surface area contributed by atoms with E-state index in [4.69, 9.17) is 4.74 Å². The lowest BCUT2D eigenvalue weighted by molar-refractivity contribution is -0.134. The molecule has 0 saturated carbocycles. The molecule has 0 aromatic carbocycles. The summed E-state index contributed by atoms with van der Waals surface area (Å²) in [7, 11) is 1.35. The van der Waals surface area contributed by atoms with Gasteiger partial charge in [-0.05, 0) is 23.8 Å². The van der Waals surface area contributed by atoms with E-state index in [2.05, 4.69) is 14.6 Å². The van der Waals surface area contributed by atoms with Crippen molar-refractivity contribution in [2.75, 3.05) is 38.3 Å². The summed E-state index contributed by atoms with van der Waals surface area (Å²) in [6.07, 6.45) is 4.80. The van der Waals surface area contributed by atoms with Crippen LogP contribution in [-0.2, 0) is 14.3 Å². The zero-order valence-corrected chi connectivity index (χ0v) is 10.3. The second kappa shape index (κ2) is 6.16. The maximum absolute atomic E-state index is 10.9. The number of rotatable bonds is 3. The van der Waals surface area contributed by atoms with Gasteiger partial charge in [0.1, 0.15) is 5.82 Å². The van der Waals surface area contributed by atoms with E-state index in [0.717, 1.165) is 37.7 Å². The number of carbonyl (C=O) groups excluding carboxylic acids is 1. The molecule has 1 aromatic heterocycles. The molecule has 0 amide bonds. The van der Waals surface area contributed by atoms with E-state index in [1.807, 2.05) is 12.1 Å². The van der Waals surface area contributed by atoms with Gasteiger partial charge in [0.05, 0.1) is 20.3 Å². The number of hydrogen-bond acceptors (Lipinski definition) is 5. The van der Waals surface area contributed by atoms with Gasteiger partial charge in [-0.15, -0.1) is 0 Å². The Morgan fingerprint density at radius 1 is 1.44 bits per heavy atom. The van der Waals surface area contributed by atoms with Crippen LogP contribution >= 0.6 is 0 Å². The molecule has 1 aliphatic rings. The Morgan fingerprint density at radius 2 is 2.22 bits per heavy atom. The Kier molecular flexibility index (Phi) is 4.30. The van der Waals surface area contributed by atoms with Crippen molar-refractivity contribution in [3.8, 4) is 0 Å². The Balaban J connectivity index is 2.00. The van der Waals surface area contributed by atoms with Crippen LogP contribution < -0.4 is 4.90 Å². The minimum Gasteiger partial charge on any atom is -0.466 e. The molecule has 5 nitrogen and oxygen atoms in total. The standard InChI is InChI=1S/C13H16N2O3/c1-17-13(16)5-3-11-2-4-12(14-10-11)15-6-8-18-9-7-15/h2-5,10H,6-9H2,1H3. The summed E-state index contributed by atoms with van der Waals surface area (Å²) in [6.45, 7) is 3.21. The number of anilines is 1. The van der Waals surface area contributed by atoms with Crippen molar-refractivity contribution in [3.63, 3.8) is 0 Å². The van der Waals surface area contributed by atoms with Crippen molar-refractivity contribution in [1.82, 2.24) is 4.98 Å². The predicted octanol–water partition coefficient (Wildman–Crippen LogP) is 1.10. The van der Waals surface area contributed by atoms with Crippen LogP contribution in [0.15, 0.2) is 24.4 Å². The molecule has 0 spiro atoms. The molecule has 0 N–H and O–H groups in total. The maximum atomic E-state index is 10.9. The smallest absolute Gasteiger partial charge is 0.330 e. The first-order valence-corrected chi connectivity index (χ1v) is 5.84. The summed E-state index contributed by atoms with van der Waals surface area (Å²) in [4.78, 5) is 17.5. The highest BCUT2D eigenvalue weighted by atomic mass is 16.5. The fourth-order valence-electron chi connectivity index (χ4n) is 1.71. The summed E-state index contributed by atoms with van der Waals surface area (Å²) in [5, 5.41) is 0. The summed E-state index contributed by atoms with van der Waals surface area (Å²) in [5.74, 6) is 0.570. The van der Waals surface area contributed by atoms with Crippen molar-refractivity contribution >= 4 is 17.9 Å². The van der Waals surface area contributed by atoms with E-state index in [9.17, 15) is 4.79 Å². The molecule has 1 aliphatic heterocycles. The number of esters is 1. The number of nitrogens with zero attached hydrogens (tertiary/aromatic N) is 2. The zero-order chi connectivity index (χ0) is 12.8. The quantitative estimate of drug-likeness (QED) is 0.592. The van der Waals surface area contributed by atoms with Gasteiger partial charge in [-0.2, -0.15) is 0 Å². The Labute approximate surface area is 106 Å². The molecule has 1 aromatic rings. The number of pyridine rings is 1. The molecule has 96 valence electrons. The summed E-state index contributed by atoms with van der Waals surface area (Å²) < 4.78 is 9.81. The van der Waals surface area contributed by atoms with Crippen molar-refractivity contribution in [3.05, 3.63) is 30.0 Å². The van der Waals surface area contributed by atoms with Crippen LogP contribution in [0, 0.1) is 0 Å². The Hall–Kier alpha value is -1.88. The molecule has 0 unspecified atom stereocenters. The van der Waals surface area contributed by atoms with Crippen LogP contribution in [0.5, 0.6) is 0 Å². The normalized spacial score (nSPS) is 15.9. The molecule has 0 aliphatic carbocycles. The van der Waals surface area contributed by atoms with Crippen LogP contribution in [0.25, 0.3) is 6.08 Å². The largest absolute Gasteiger partial charge is 0.466 e. The number of methoxy groups -OCH3 is 1. The monoisotopic (exact) mass is 248 g/mol. The van der Waals surface area contributed by atoms with Crippen LogP contribution in [0.2, 0.25) is 0 Å². The van der Waals surface area contributed by atoms with E-state index in [-0.39, 0.29) is 5.97 Å². The average molecular weight is 248 g/mol. The molecular formula is C13H16N2O3. The summed E-state index contributed by atoms with van der Waals surface area (Å²) in [5.41, 5.74) is 0.873. The molecule has 2 rings (SSSR count). The van der Waals surface area contributed by atoms with Crippen molar-refractivity contribution in [2.24, 2.45) is 0 Å². The highest BCUT2D eigenvalue weighted by Crippen LogP contribution is 2.13. The minimum atomic E-state index is -0.368. The third-order valence-corrected chi connectivity index (χ3v) is 2.72. The topological polar surface area (TPSA) is 51.7 Å². The lowest BCUT2D eigenvalue weighted by Crippen LogP contribution is -2.36. The van der Waals surface area contributed by atoms with E-state index in [1.54, 1.807) is 12.3 Å². The predicted molar refractivity (Wildman–Crippen MR) is 68.3 cm³/mol. The van der Waals surface area contributed by atoms with Gasteiger partial charge in [0.15, 0.2) is 0 Å². The third-order valence-electron chi connectivity index (χ3n) is 2.72. The molecule has 0 radical (unpaired) electrons. The average Bonchev–Trinajstić information content (AvgIpc) is 2.46. The molecule has 2 heterocycles. The third kappa shape index (κ3) is 3.30. The van der Waals surface area contributed by atoms with Crippen LogP contribution in [0.3, 0.4) is 0 Å². The van der Waals surface area contributed by atoms with E-state index in [1.165, 1.54) is 13.2 Å². The molecular weight excluding hydrogens is 232 g/mol. The van der Waals surface area contributed by atoms with E-state index >= 15 is 0 Å². The first-order valence-electron chi connectivity index (χ1n) is 5.84. The number of morpholine rings is 1. The van der Waals surface area contributed by atoms with Crippen molar-refractivity contribution in [1.29, 1.82) is 0 Å². The van der Waals surface area contributed by atoms with Crippen LogP contribution in [0.1, 0.15) is 5.56 Å². The minimum absolute atomic E-state index is 0.368. The molecule has 1 fully saturated rings. The number of hydrogen-bond donors (Lipinski definition) is 0. The number of aromatic nitrogens is 1. The molecule has 0 atom stereocenters. The first-order chi connectivity index (χ1) is 8.79. The van der Waals surface area contributed by atoms with Gasteiger partial charge in [-0.25, -0.2) is 9.78 Å². The highest BCUT2D eigenvalue weighted by molar-refractivity contribution is 5.86. The zero-order valence-electron chi connectivity index (χ0n) is 10.3. The fraction of sp³-hybridized carbons (Fsp3) is 0.385. The fourth-order valence-corrected chi connectivity index (χ4v) is 1.71. The number of ether oxygens (including phenoxy) is 2. The molecule has 18 heavy (non-hydrogen) atoms. The van der Waals surface area contributed by atoms with Crippen LogP contribution in [0.4, 0.5) is 5.82 Å². The van der Waals surface area contributed by atoms with Gasteiger partial charge in [-0.3, -0.25) is 0 Å². The van der Waals surface area contributed by atoms with Gasteiger partial charge in [0, 0.05) is 25.4 Å². The van der Waals surface area contributed by atoms with Gasteiger partial charge < -0.3 is 14.4 Å². The van der Waals surface area contributed by atoms with E-state index in [0.29, 0.717) is 0 Å². The lowest BCUT2D eigenvalue weighted by Gasteiger charge is -2.27. The highest BCUT2D eigenvalue weighted by Gasteiger charge is 2.11. The summed E-state index contributed by atoms with van der Waals surface area (Å²) in [6, 6.07) is 3.87. The second-order valence-electron chi connectivity index (χ2n) is 3.91. The van der Waals surface area contributed by atoms with Crippen LogP contribution in [-0.4, -0.2) is 44.4 Å². The van der Waals surface area contributed by atoms with E-state index < -0.39 is 0 Å². The Bertz CT molecular complexity index is 422. The van der Waals surface area contributed by atoms with Gasteiger partial charge in [-0.1, -0.05) is 0 Å². The van der Waals surface area contributed by atoms with Gasteiger partial charge in [0.2, 0.25) is 0 Å². The first kappa shape index (κ1) is 12.6. The van der Waals surface area contributed by atoms with Crippen molar-refractivity contribution in [2.45, 2.75) is 0 Å². The summed E-state index contributed by atoms with van der Waals surface area (Å²) >= 11 is 0. The van der Waals surface area contributed by atoms with Gasteiger partial charge in [0.25, 0.3) is 0 Å². The molecule has 0 bridgehead atoms. The Morgan fingerprint density at radius 3 is 2.83 bits per heavy atom. The molecule has 5 heteroatoms. The lowest BCUT2D eigenvalue weighted by atomic mass is 10.2. The second-order valence-corrected chi connectivity index (χ2v) is 3.91. The molecule has 1 saturated heterocycles. The SMILES string of the molecule is COC(=O)C=Cc1ccc(N2CCOCC2)nc1. The maximum Gasteiger partial charge on any atom is 0.330 e. The van der Waals surface area contributed by atoms with Crippen molar-refractivity contribution < 1.29 is 14.3 Å². The number of carbonyl (C=O) groups is 1.